The number of hydrogen-bond acceptors (Lipinski definition) is 3. The van der Waals surface area contributed by atoms with E-state index in [1.54, 1.807) is 0 Å². The molecule has 2 aliphatic rings. The van der Waals surface area contributed by atoms with Crippen molar-refractivity contribution >= 4 is 90.0 Å². The van der Waals surface area contributed by atoms with Gasteiger partial charge in [0, 0.05) is 55.8 Å². The van der Waals surface area contributed by atoms with Crippen molar-refractivity contribution in [3.05, 3.63) is 179 Å². The van der Waals surface area contributed by atoms with Gasteiger partial charge in [-0.15, -0.1) is 0 Å². The summed E-state index contributed by atoms with van der Waals surface area (Å²) in [5, 5.41) is 4.74. The summed E-state index contributed by atoms with van der Waals surface area (Å²) in [6.07, 6.45) is 0. The smallest absolute Gasteiger partial charge is 0.333 e. The second-order valence-corrected chi connectivity index (χ2v) is 26.4. The largest absolute Gasteiger partial charge is 0.455 e. The monoisotopic (exact) mass is 956 g/mol. The van der Waals surface area contributed by atoms with Gasteiger partial charge in [0.1, 0.15) is 11.2 Å². The number of anilines is 5. The minimum Gasteiger partial charge on any atom is -0.455 e. The van der Waals surface area contributed by atoms with Gasteiger partial charge in [-0.3, -0.25) is 0 Å². The van der Waals surface area contributed by atoms with Gasteiger partial charge < -0.3 is 18.7 Å². The number of fused-ring (bicyclic) bond motifs is 13. The molecule has 0 aliphatic carbocycles. The fourth-order valence-electron chi connectivity index (χ4n) is 11.9. The Labute approximate surface area is 433 Å². The molecule has 0 atom stereocenters. The molecule has 0 unspecified atom stereocenters. The van der Waals surface area contributed by atoms with Crippen molar-refractivity contribution in [2.45, 2.75) is 131 Å². The van der Waals surface area contributed by atoms with Crippen molar-refractivity contribution in [3.8, 4) is 16.8 Å². The van der Waals surface area contributed by atoms with E-state index in [1.807, 2.05) is 0 Å². The second kappa shape index (κ2) is 15.8. The molecule has 0 saturated carbocycles. The Balaban J connectivity index is 1.24. The molecular formula is C68H70BN3O. The average molecular weight is 956 g/mol. The van der Waals surface area contributed by atoms with Crippen LogP contribution in [0.4, 0.5) is 28.4 Å². The zero-order chi connectivity index (χ0) is 51.5. The lowest BCUT2D eigenvalue weighted by Gasteiger charge is -2.43. The van der Waals surface area contributed by atoms with Crippen molar-refractivity contribution in [2.75, 3.05) is 9.71 Å². The third-order valence-corrected chi connectivity index (χ3v) is 16.2. The first kappa shape index (κ1) is 47.1. The van der Waals surface area contributed by atoms with Crippen LogP contribution in [-0.4, -0.2) is 11.4 Å². The van der Waals surface area contributed by atoms with Crippen LogP contribution in [0.5, 0.6) is 0 Å². The standard InChI is InChI=1S/C68H70BN3O/c1-64(2,3)41-20-28-46(29-21-41)70(47-30-22-42(23-31-47)65(4,5)6)49-34-35-53-56(40-49)71-54-36-26-44(67(10,11)12)38-51(54)60-62(71)61-58(59-50-18-16-17-19-57(50)73-63(59)60)52-39-45(68(13,14)15)27-37-55(52)72(69(53)61)48-32-24-43(25-33-48)66(7,8)9/h16-40H,1-15H3. The van der Waals surface area contributed by atoms with E-state index in [0.717, 1.165) is 33.6 Å². The van der Waals surface area contributed by atoms with Gasteiger partial charge in [-0.1, -0.05) is 177 Å². The molecule has 0 saturated heterocycles. The number of aromatic nitrogens is 1. The van der Waals surface area contributed by atoms with Gasteiger partial charge in [0.2, 0.25) is 0 Å². The summed E-state index contributed by atoms with van der Waals surface area (Å²) in [5.74, 6) is 0. The quantitative estimate of drug-likeness (QED) is 0.164. The topological polar surface area (TPSA) is 24.6 Å². The molecule has 10 aromatic rings. The molecule has 73 heavy (non-hydrogen) atoms. The molecule has 2 aromatic heterocycles. The van der Waals surface area contributed by atoms with E-state index in [0.29, 0.717) is 0 Å². The molecule has 0 radical (unpaired) electrons. The van der Waals surface area contributed by atoms with Crippen molar-refractivity contribution in [1.29, 1.82) is 0 Å². The zero-order valence-electron chi connectivity index (χ0n) is 45.8. The Morgan fingerprint density at radius 1 is 0.438 bits per heavy atom. The van der Waals surface area contributed by atoms with Crippen molar-refractivity contribution in [3.63, 3.8) is 0 Å². The first-order chi connectivity index (χ1) is 34.4. The van der Waals surface area contributed by atoms with Crippen LogP contribution in [-0.2, 0) is 27.1 Å². The number of rotatable bonds is 4. The molecule has 5 heteroatoms. The summed E-state index contributed by atoms with van der Waals surface area (Å²) in [6.45, 7) is 34.5. The Morgan fingerprint density at radius 3 is 1.52 bits per heavy atom. The Kier molecular flexibility index (Phi) is 10.2. The highest BCUT2D eigenvalue weighted by Crippen LogP contribution is 2.53. The normalized spacial score (nSPS) is 13.9. The summed E-state index contributed by atoms with van der Waals surface area (Å²) in [4.78, 5) is 5.12. The maximum atomic E-state index is 7.30. The lowest BCUT2D eigenvalue weighted by molar-refractivity contribution is 0.590. The first-order valence-corrected chi connectivity index (χ1v) is 26.5. The summed E-state index contributed by atoms with van der Waals surface area (Å²) < 4.78 is 9.92. The average Bonchev–Trinajstić information content (AvgIpc) is 3.89. The zero-order valence-corrected chi connectivity index (χ0v) is 45.8. The molecule has 366 valence electrons. The van der Waals surface area contributed by atoms with E-state index in [-0.39, 0.29) is 33.9 Å². The summed E-state index contributed by atoms with van der Waals surface area (Å²) in [5.41, 5.74) is 22.8. The fraction of sp³-hybridized carbons (Fsp3) is 0.294. The van der Waals surface area contributed by atoms with Crippen LogP contribution in [0.3, 0.4) is 0 Å². The van der Waals surface area contributed by atoms with E-state index in [2.05, 4.69) is 270 Å². The van der Waals surface area contributed by atoms with Crippen LogP contribution in [0.15, 0.2) is 156 Å². The summed E-state index contributed by atoms with van der Waals surface area (Å²) >= 11 is 0. The predicted molar refractivity (Wildman–Crippen MR) is 315 cm³/mol. The summed E-state index contributed by atoms with van der Waals surface area (Å²) in [6, 6.07) is 58.4. The molecule has 0 bridgehead atoms. The van der Waals surface area contributed by atoms with Gasteiger partial charge in [0.05, 0.1) is 16.4 Å². The molecule has 4 nitrogen and oxygen atoms in total. The Hall–Kier alpha value is -6.98. The van der Waals surface area contributed by atoms with E-state index >= 15 is 0 Å². The molecular weight excluding hydrogens is 886 g/mol. The molecule has 0 N–H and O–H groups in total. The van der Waals surface area contributed by atoms with Crippen LogP contribution in [0.25, 0.3) is 60.6 Å². The Bertz CT molecular complexity index is 3790. The molecule has 8 aromatic carbocycles. The molecule has 2 aliphatic heterocycles. The van der Waals surface area contributed by atoms with E-state index in [1.165, 1.54) is 94.1 Å². The van der Waals surface area contributed by atoms with Crippen molar-refractivity contribution in [2.24, 2.45) is 0 Å². The van der Waals surface area contributed by atoms with E-state index < -0.39 is 0 Å². The Morgan fingerprint density at radius 2 is 0.945 bits per heavy atom. The van der Waals surface area contributed by atoms with Crippen LogP contribution >= 0.6 is 0 Å². The lowest BCUT2D eigenvalue weighted by atomic mass is 9.43. The van der Waals surface area contributed by atoms with Gasteiger partial charge >= 0.3 is 6.85 Å². The molecule has 4 heterocycles. The van der Waals surface area contributed by atoms with E-state index in [9.17, 15) is 0 Å². The molecule has 0 amide bonds. The van der Waals surface area contributed by atoms with Crippen LogP contribution in [0.1, 0.15) is 132 Å². The summed E-state index contributed by atoms with van der Waals surface area (Å²) in [7, 11) is 0. The van der Waals surface area contributed by atoms with Gasteiger partial charge in [-0.2, -0.15) is 0 Å². The maximum absolute atomic E-state index is 7.30. The predicted octanol–water partition coefficient (Wildman–Crippen LogP) is 17.9. The van der Waals surface area contributed by atoms with Gasteiger partial charge in [-0.05, 0) is 150 Å². The first-order valence-electron chi connectivity index (χ1n) is 26.5. The second-order valence-electron chi connectivity index (χ2n) is 26.4. The highest BCUT2D eigenvalue weighted by Gasteiger charge is 2.46. The SMILES string of the molecule is CC(C)(C)c1ccc(N2B3c4ccc(N(c5ccc(C(C)(C)C)cc5)c5ccc(C(C)(C)C)cc5)cc4-n4c5ccc(C(C)(C)C)cc5c5c6oc7ccccc7c6c(c3c54)-c3cc(C(C)(C)C)ccc32)cc1. The lowest BCUT2D eigenvalue weighted by Crippen LogP contribution is -2.60. The van der Waals surface area contributed by atoms with E-state index in [4.69, 9.17) is 4.42 Å². The molecule has 12 rings (SSSR count). The number of furan rings is 1. The van der Waals surface area contributed by atoms with Crippen LogP contribution < -0.4 is 20.6 Å². The van der Waals surface area contributed by atoms with Crippen molar-refractivity contribution < 1.29 is 4.42 Å². The molecule has 0 spiro atoms. The number of benzene rings is 8. The number of para-hydroxylation sites is 1. The van der Waals surface area contributed by atoms with Crippen LogP contribution in [0.2, 0.25) is 0 Å². The highest BCUT2D eigenvalue weighted by atomic mass is 16.3. The van der Waals surface area contributed by atoms with Gasteiger partial charge in [-0.25, -0.2) is 0 Å². The highest BCUT2D eigenvalue weighted by molar-refractivity contribution is 6.94. The van der Waals surface area contributed by atoms with Gasteiger partial charge in [0.25, 0.3) is 0 Å². The minimum absolute atomic E-state index is 0.0132. The minimum atomic E-state index is -0.169. The van der Waals surface area contributed by atoms with Crippen molar-refractivity contribution in [1.82, 2.24) is 4.57 Å². The third kappa shape index (κ3) is 7.38. The molecule has 0 fully saturated rings. The number of hydrogen-bond donors (Lipinski definition) is 0. The number of nitrogens with zero attached hydrogens (tertiary/aromatic N) is 3. The maximum Gasteiger partial charge on any atom is 0.333 e. The van der Waals surface area contributed by atoms with Gasteiger partial charge in [0.15, 0.2) is 0 Å². The third-order valence-electron chi connectivity index (χ3n) is 16.2. The van der Waals surface area contributed by atoms with Crippen LogP contribution in [0, 0.1) is 0 Å². The fourth-order valence-corrected chi connectivity index (χ4v) is 11.9.